The van der Waals surface area contributed by atoms with E-state index in [9.17, 15) is 5.11 Å². The molecule has 0 unspecified atom stereocenters. The standard InChI is InChI=1S/C21H19Br2N3O3S/c1-4-7-24-21-26(25-11-13-8-16(22)20(27)17(23)9-13)18(12-30-21)15-10-14(28-2)5-6-19(15)29-3/h4-6,8-12,27H,1,7H2,2-3H3. The van der Waals surface area contributed by atoms with Gasteiger partial charge in [0.2, 0.25) is 4.80 Å². The lowest BCUT2D eigenvalue weighted by molar-refractivity contribution is 0.404. The van der Waals surface area contributed by atoms with Crippen LogP contribution in [0.15, 0.2) is 67.4 Å². The summed E-state index contributed by atoms with van der Waals surface area (Å²) in [6.45, 7) is 4.21. The topological polar surface area (TPSA) is 68.3 Å². The predicted octanol–water partition coefficient (Wildman–Crippen LogP) is 5.43. The highest BCUT2D eigenvalue weighted by atomic mass is 79.9. The lowest BCUT2D eigenvalue weighted by atomic mass is 10.1. The van der Waals surface area contributed by atoms with Crippen LogP contribution in [0, 0.1) is 0 Å². The van der Waals surface area contributed by atoms with E-state index >= 15 is 0 Å². The van der Waals surface area contributed by atoms with Crippen molar-refractivity contribution in [2.75, 3.05) is 20.8 Å². The summed E-state index contributed by atoms with van der Waals surface area (Å²) in [4.78, 5) is 5.26. The Hall–Kier alpha value is -2.36. The van der Waals surface area contributed by atoms with E-state index in [1.54, 1.807) is 43.3 Å². The highest BCUT2D eigenvalue weighted by Crippen LogP contribution is 2.34. The van der Waals surface area contributed by atoms with Gasteiger partial charge in [-0.05, 0) is 67.8 Å². The fourth-order valence-electron chi connectivity index (χ4n) is 2.65. The van der Waals surface area contributed by atoms with Crippen molar-refractivity contribution in [1.82, 2.24) is 4.68 Å². The molecular formula is C21H19Br2N3O3S. The maximum Gasteiger partial charge on any atom is 0.206 e. The van der Waals surface area contributed by atoms with Gasteiger partial charge in [-0.15, -0.1) is 17.9 Å². The molecule has 0 saturated carbocycles. The quantitative estimate of drug-likeness (QED) is 0.314. The Morgan fingerprint density at radius 3 is 2.53 bits per heavy atom. The summed E-state index contributed by atoms with van der Waals surface area (Å²) in [5.74, 6) is 1.55. The molecule has 1 N–H and O–H groups in total. The molecule has 0 radical (unpaired) electrons. The second kappa shape index (κ2) is 10.1. The van der Waals surface area contributed by atoms with Crippen molar-refractivity contribution in [3.63, 3.8) is 0 Å². The van der Waals surface area contributed by atoms with Crippen molar-refractivity contribution in [2.24, 2.45) is 10.1 Å². The van der Waals surface area contributed by atoms with Gasteiger partial charge in [0, 0.05) is 10.9 Å². The number of phenols is 1. The van der Waals surface area contributed by atoms with Crippen LogP contribution in [0.3, 0.4) is 0 Å². The van der Waals surface area contributed by atoms with E-state index in [4.69, 9.17) is 9.47 Å². The van der Waals surface area contributed by atoms with Crippen LogP contribution in [-0.4, -0.2) is 36.8 Å². The van der Waals surface area contributed by atoms with Crippen molar-refractivity contribution >= 4 is 49.4 Å². The number of halogens is 2. The molecule has 1 aromatic heterocycles. The molecule has 156 valence electrons. The number of ether oxygens (including phenoxy) is 2. The van der Waals surface area contributed by atoms with E-state index < -0.39 is 0 Å². The van der Waals surface area contributed by atoms with Gasteiger partial charge in [0.15, 0.2) is 0 Å². The second-order valence-electron chi connectivity index (χ2n) is 5.99. The molecule has 0 spiro atoms. The normalized spacial score (nSPS) is 11.8. The minimum atomic E-state index is 0.138. The zero-order valence-corrected chi connectivity index (χ0v) is 20.3. The molecule has 0 fully saturated rings. The van der Waals surface area contributed by atoms with E-state index in [-0.39, 0.29) is 5.75 Å². The van der Waals surface area contributed by atoms with E-state index in [1.807, 2.05) is 23.6 Å². The highest BCUT2D eigenvalue weighted by molar-refractivity contribution is 9.11. The molecule has 3 aromatic rings. The van der Waals surface area contributed by atoms with Crippen molar-refractivity contribution in [2.45, 2.75) is 0 Å². The van der Waals surface area contributed by atoms with E-state index in [2.05, 4.69) is 48.5 Å². The van der Waals surface area contributed by atoms with Crippen molar-refractivity contribution < 1.29 is 14.6 Å². The van der Waals surface area contributed by atoms with Crippen LogP contribution in [0.5, 0.6) is 17.2 Å². The molecular weight excluding hydrogens is 534 g/mol. The smallest absolute Gasteiger partial charge is 0.206 e. The minimum Gasteiger partial charge on any atom is -0.506 e. The van der Waals surface area contributed by atoms with Crippen LogP contribution >= 0.6 is 43.2 Å². The molecule has 0 aliphatic heterocycles. The Morgan fingerprint density at radius 2 is 1.90 bits per heavy atom. The number of aromatic nitrogens is 1. The molecule has 0 aliphatic rings. The van der Waals surface area contributed by atoms with Crippen molar-refractivity contribution in [3.05, 3.63) is 67.7 Å². The molecule has 6 nitrogen and oxygen atoms in total. The number of aromatic hydroxyl groups is 1. The first-order chi connectivity index (χ1) is 14.5. The molecule has 0 amide bonds. The largest absolute Gasteiger partial charge is 0.506 e. The fraction of sp³-hybridized carbons (Fsp3) is 0.143. The first-order valence-corrected chi connectivity index (χ1v) is 11.2. The minimum absolute atomic E-state index is 0.138. The Bertz CT molecular complexity index is 1150. The summed E-state index contributed by atoms with van der Waals surface area (Å²) >= 11 is 8.15. The second-order valence-corrected chi connectivity index (χ2v) is 8.53. The van der Waals surface area contributed by atoms with Crippen molar-refractivity contribution in [1.29, 1.82) is 0 Å². The van der Waals surface area contributed by atoms with Crippen LogP contribution in [0.2, 0.25) is 0 Å². The van der Waals surface area contributed by atoms with Crippen LogP contribution in [-0.2, 0) is 0 Å². The monoisotopic (exact) mass is 551 g/mol. The lowest BCUT2D eigenvalue weighted by Crippen LogP contribution is -2.12. The zero-order chi connectivity index (χ0) is 21.7. The van der Waals surface area contributed by atoms with Crippen LogP contribution < -0.4 is 14.3 Å². The van der Waals surface area contributed by atoms with Crippen molar-refractivity contribution in [3.8, 4) is 28.5 Å². The van der Waals surface area contributed by atoms with Gasteiger partial charge in [0.25, 0.3) is 0 Å². The van der Waals surface area contributed by atoms with Gasteiger partial charge >= 0.3 is 0 Å². The number of methoxy groups -OCH3 is 2. The summed E-state index contributed by atoms with van der Waals surface area (Å²) in [6, 6.07) is 9.16. The van der Waals surface area contributed by atoms with Crippen LogP contribution in [0.25, 0.3) is 11.3 Å². The van der Waals surface area contributed by atoms with Gasteiger partial charge in [0.1, 0.15) is 17.2 Å². The third-order valence-electron chi connectivity index (χ3n) is 4.09. The number of phenolic OH excluding ortho intramolecular Hbond substituents is 1. The maximum absolute atomic E-state index is 9.93. The van der Waals surface area contributed by atoms with Gasteiger partial charge in [0.05, 0.1) is 41.6 Å². The molecule has 3 rings (SSSR count). The van der Waals surface area contributed by atoms with Gasteiger partial charge in [-0.25, -0.2) is 4.68 Å². The molecule has 0 atom stereocenters. The summed E-state index contributed by atoms with van der Waals surface area (Å²) in [7, 11) is 3.25. The third-order valence-corrected chi connectivity index (χ3v) is 6.15. The van der Waals surface area contributed by atoms with E-state index in [0.29, 0.717) is 31.8 Å². The summed E-state index contributed by atoms with van der Waals surface area (Å²) < 4.78 is 13.8. The number of rotatable bonds is 7. The van der Waals surface area contributed by atoms with Gasteiger partial charge in [-0.1, -0.05) is 6.08 Å². The average molecular weight is 553 g/mol. The number of nitrogens with zero attached hydrogens (tertiary/aromatic N) is 3. The maximum atomic E-state index is 9.93. The lowest BCUT2D eigenvalue weighted by Gasteiger charge is -2.11. The summed E-state index contributed by atoms with van der Waals surface area (Å²) in [5, 5.41) is 16.6. The van der Waals surface area contributed by atoms with E-state index in [1.165, 1.54) is 11.3 Å². The average Bonchev–Trinajstić information content (AvgIpc) is 3.16. The molecule has 2 aromatic carbocycles. The summed E-state index contributed by atoms with van der Waals surface area (Å²) in [6.07, 6.45) is 3.43. The first-order valence-electron chi connectivity index (χ1n) is 8.75. The van der Waals surface area contributed by atoms with Gasteiger partial charge in [-0.2, -0.15) is 5.10 Å². The number of benzene rings is 2. The third kappa shape index (κ3) is 4.85. The Balaban J connectivity index is 2.16. The summed E-state index contributed by atoms with van der Waals surface area (Å²) in [5.41, 5.74) is 2.44. The Morgan fingerprint density at radius 1 is 1.17 bits per heavy atom. The molecule has 1 heterocycles. The molecule has 9 heteroatoms. The van der Waals surface area contributed by atoms with E-state index in [0.717, 1.165) is 16.8 Å². The van der Waals surface area contributed by atoms with Gasteiger partial charge < -0.3 is 14.6 Å². The number of hydrogen-bond acceptors (Lipinski definition) is 6. The van der Waals surface area contributed by atoms with Crippen LogP contribution in [0.1, 0.15) is 5.56 Å². The first kappa shape index (κ1) is 22.3. The Kier molecular flexibility index (Phi) is 7.52. The highest BCUT2D eigenvalue weighted by Gasteiger charge is 2.14. The molecule has 0 bridgehead atoms. The SMILES string of the molecule is C=CCN=c1scc(-c2cc(OC)ccc2OC)n1N=Cc1cc(Br)c(O)c(Br)c1. The fourth-order valence-corrected chi connectivity index (χ4v) is 4.71. The number of thiazole rings is 1. The molecule has 30 heavy (non-hydrogen) atoms. The van der Waals surface area contributed by atoms with Crippen LogP contribution in [0.4, 0.5) is 0 Å². The molecule has 0 saturated heterocycles. The number of hydrogen-bond donors (Lipinski definition) is 1. The molecule has 0 aliphatic carbocycles. The predicted molar refractivity (Wildman–Crippen MR) is 128 cm³/mol. The van der Waals surface area contributed by atoms with Gasteiger partial charge in [-0.3, -0.25) is 4.99 Å². The Labute approximate surface area is 195 Å². The zero-order valence-electron chi connectivity index (χ0n) is 16.3.